The van der Waals surface area contributed by atoms with E-state index in [4.69, 9.17) is 28.8 Å². The Morgan fingerprint density at radius 3 is 2.58 bits per heavy atom. The zero-order chi connectivity index (χ0) is 28.1. The van der Waals surface area contributed by atoms with Gasteiger partial charge in [0.15, 0.2) is 30.3 Å². The average Bonchev–Trinajstić information content (AvgIpc) is 3.62. The van der Waals surface area contributed by atoms with E-state index in [1.807, 2.05) is 54.2 Å². The maximum atomic E-state index is 13.6. The fourth-order valence-corrected chi connectivity index (χ4v) is 5.84. The van der Waals surface area contributed by atoms with E-state index < -0.39 is 23.8 Å². The molecule has 0 aliphatic carbocycles. The number of carboxylic acid groups (broad SMARTS) is 1. The number of aliphatic carboxylic acids is 1. The second-order valence-electron chi connectivity index (χ2n) is 8.41. The van der Waals surface area contributed by atoms with E-state index in [1.165, 1.54) is 0 Å². The minimum atomic E-state index is -1.59. The SMILES string of the molecule is COc1ccnc(C[S+]([O-])c2nc3cc(-n4cccc4)ccc3n2SOOc2ccc(OCC(=O)O)cc2)c1C. The molecule has 5 rings (SSSR count). The molecule has 0 saturated heterocycles. The maximum absolute atomic E-state index is 13.6. The van der Waals surface area contributed by atoms with Crippen molar-refractivity contribution in [1.29, 1.82) is 0 Å². The number of nitrogens with zero attached hydrogens (tertiary/aromatic N) is 4. The van der Waals surface area contributed by atoms with Crippen LogP contribution >= 0.6 is 12.2 Å². The van der Waals surface area contributed by atoms with Gasteiger partial charge in [0.25, 0.3) is 0 Å². The summed E-state index contributed by atoms with van der Waals surface area (Å²) < 4.78 is 33.1. The van der Waals surface area contributed by atoms with Crippen LogP contribution in [0.2, 0.25) is 0 Å². The lowest BCUT2D eigenvalue weighted by atomic mass is 10.2. The molecule has 0 fully saturated rings. The normalized spacial score (nSPS) is 11.9. The number of hydrogen-bond donors (Lipinski definition) is 1. The monoisotopic (exact) mass is 580 g/mol. The molecule has 0 bridgehead atoms. The summed E-state index contributed by atoms with van der Waals surface area (Å²) in [5.74, 6) is 0.445. The third-order valence-corrected chi connectivity index (χ3v) is 7.82. The van der Waals surface area contributed by atoms with Crippen LogP contribution < -0.4 is 14.4 Å². The zero-order valence-corrected chi connectivity index (χ0v) is 23.1. The van der Waals surface area contributed by atoms with Gasteiger partial charge in [-0.3, -0.25) is 4.98 Å². The van der Waals surface area contributed by atoms with Gasteiger partial charge >= 0.3 is 11.1 Å². The summed E-state index contributed by atoms with van der Waals surface area (Å²) >= 11 is -0.765. The van der Waals surface area contributed by atoms with Crippen molar-refractivity contribution in [2.45, 2.75) is 17.8 Å². The topological polar surface area (TPSA) is 133 Å². The summed E-state index contributed by atoms with van der Waals surface area (Å²) in [6.07, 6.45) is 5.48. The lowest BCUT2D eigenvalue weighted by Crippen LogP contribution is -2.13. The fraction of sp³-hybridized carbons (Fsp3) is 0.148. The summed E-state index contributed by atoms with van der Waals surface area (Å²) in [7, 11) is 1.58. The predicted octanol–water partition coefficient (Wildman–Crippen LogP) is 4.73. The number of imidazole rings is 1. The number of ether oxygens (including phenoxy) is 2. The molecular formula is C27H24N4O7S2. The molecule has 0 amide bonds. The molecule has 206 valence electrons. The highest BCUT2D eigenvalue weighted by molar-refractivity contribution is 7.95. The van der Waals surface area contributed by atoms with Gasteiger partial charge in [0.2, 0.25) is 0 Å². The Kier molecular flexibility index (Phi) is 8.45. The number of fused-ring (bicyclic) bond motifs is 1. The van der Waals surface area contributed by atoms with E-state index in [-0.39, 0.29) is 10.9 Å². The lowest BCUT2D eigenvalue weighted by Gasteiger charge is -2.13. The molecular weight excluding hydrogens is 556 g/mol. The second kappa shape index (κ2) is 12.3. The fourth-order valence-electron chi connectivity index (χ4n) is 3.84. The molecule has 1 atom stereocenters. The molecule has 3 heterocycles. The standard InChI is InChI=1S/C27H24N4O7S2/c1-18-23(28-12-11-25(18)35-2)17-40(34)27-29-22-15-19(30-13-3-4-14-30)5-10-24(22)31(27)39-38-37-21-8-6-20(7-9-21)36-16-26(32)33/h3-15H,16-17H2,1-2H3,(H,32,33). The van der Waals surface area contributed by atoms with Crippen LogP contribution in [0.25, 0.3) is 16.7 Å². The van der Waals surface area contributed by atoms with E-state index in [0.29, 0.717) is 34.0 Å². The Hall–Kier alpha value is -4.17. The van der Waals surface area contributed by atoms with E-state index in [2.05, 4.69) is 4.98 Å². The molecule has 13 heteroatoms. The van der Waals surface area contributed by atoms with Gasteiger partial charge in [-0.2, -0.15) is 8.96 Å². The molecule has 2 aromatic carbocycles. The highest BCUT2D eigenvalue weighted by atomic mass is 32.2. The first-order valence-corrected chi connectivity index (χ1v) is 13.9. The molecule has 0 saturated carbocycles. The highest BCUT2D eigenvalue weighted by Gasteiger charge is 2.26. The number of rotatable bonds is 12. The summed E-state index contributed by atoms with van der Waals surface area (Å²) in [5, 5.41) is 9.02. The van der Waals surface area contributed by atoms with Crippen molar-refractivity contribution >= 4 is 40.4 Å². The van der Waals surface area contributed by atoms with Crippen LogP contribution in [0.3, 0.4) is 0 Å². The number of aromatic nitrogens is 4. The van der Waals surface area contributed by atoms with Crippen LogP contribution in [-0.2, 0) is 26.1 Å². The predicted molar refractivity (Wildman–Crippen MR) is 149 cm³/mol. The first kappa shape index (κ1) is 27.4. The van der Waals surface area contributed by atoms with Crippen molar-refractivity contribution in [3.63, 3.8) is 0 Å². The van der Waals surface area contributed by atoms with Crippen molar-refractivity contribution < 1.29 is 33.1 Å². The number of carbonyl (C=O) groups is 1. The smallest absolute Gasteiger partial charge is 0.341 e. The van der Waals surface area contributed by atoms with E-state index in [1.54, 1.807) is 47.6 Å². The molecule has 1 N–H and O–H groups in total. The Balaban J connectivity index is 1.39. The van der Waals surface area contributed by atoms with Crippen molar-refractivity contribution in [1.82, 2.24) is 18.5 Å². The molecule has 1 unspecified atom stereocenters. The van der Waals surface area contributed by atoms with Gasteiger partial charge in [-0.25, -0.2) is 4.79 Å². The quantitative estimate of drug-likeness (QED) is 0.0955. The van der Waals surface area contributed by atoms with E-state index in [0.717, 1.165) is 23.5 Å². The van der Waals surface area contributed by atoms with Crippen LogP contribution in [-0.4, -0.2) is 47.9 Å². The largest absolute Gasteiger partial charge is 0.609 e. The Labute approximate surface area is 236 Å². The molecule has 0 radical (unpaired) electrons. The van der Waals surface area contributed by atoms with Gasteiger partial charge < -0.3 is 28.6 Å². The molecule has 11 nitrogen and oxygen atoms in total. The number of hydrogen-bond acceptors (Lipinski definition) is 9. The molecule has 5 aromatic rings. The summed E-state index contributed by atoms with van der Waals surface area (Å²) in [6.45, 7) is 1.42. The summed E-state index contributed by atoms with van der Waals surface area (Å²) in [4.78, 5) is 25.2. The van der Waals surface area contributed by atoms with E-state index >= 15 is 0 Å². The number of pyridine rings is 1. The van der Waals surface area contributed by atoms with Crippen molar-refractivity contribution in [2.75, 3.05) is 13.7 Å². The van der Waals surface area contributed by atoms with Crippen LogP contribution in [0.5, 0.6) is 17.2 Å². The Bertz CT molecular complexity index is 1610. The third-order valence-electron chi connectivity index (χ3n) is 5.84. The molecule has 3 aromatic heterocycles. The van der Waals surface area contributed by atoms with Crippen molar-refractivity contribution in [3.05, 3.63) is 90.5 Å². The van der Waals surface area contributed by atoms with Crippen LogP contribution in [0, 0.1) is 6.92 Å². The van der Waals surface area contributed by atoms with Gasteiger partial charge in [-0.05, 0) is 67.6 Å². The van der Waals surface area contributed by atoms with Crippen LogP contribution in [0.4, 0.5) is 0 Å². The Morgan fingerprint density at radius 1 is 1.10 bits per heavy atom. The minimum Gasteiger partial charge on any atom is -0.609 e. The maximum Gasteiger partial charge on any atom is 0.341 e. The van der Waals surface area contributed by atoms with Crippen molar-refractivity contribution in [2.24, 2.45) is 0 Å². The second-order valence-corrected chi connectivity index (χ2v) is 10.4. The average molecular weight is 581 g/mol. The van der Waals surface area contributed by atoms with Gasteiger partial charge in [0, 0.05) is 41.0 Å². The number of carboxylic acids is 1. The van der Waals surface area contributed by atoms with Gasteiger partial charge in [0.1, 0.15) is 11.5 Å². The molecule has 40 heavy (non-hydrogen) atoms. The lowest BCUT2D eigenvalue weighted by molar-refractivity contribution is -0.139. The van der Waals surface area contributed by atoms with Crippen molar-refractivity contribution in [3.8, 4) is 22.9 Å². The minimum absolute atomic E-state index is 0.121. The Morgan fingerprint density at radius 2 is 1.85 bits per heavy atom. The third kappa shape index (κ3) is 6.18. The molecule has 0 spiro atoms. The summed E-state index contributed by atoms with van der Waals surface area (Å²) in [6, 6.07) is 17.6. The summed E-state index contributed by atoms with van der Waals surface area (Å²) in [5.41, 5.74) is 3.65. The van der Waals surface area contributed by atoms with Gasteiger partial charge in [-0.1, -0.05) is 4.33 Å². The number of methoxy groups -OCH3 is 1. The van der Waals surface area contributed by atoms with Crippen LogP contribution in [0.1, 0.15) is 11.3 Å². The molecule has 0 aliphatic rings. The zero-order valence-electron chi connectivity index (χ0n) is 21.4. The van der Waals surface area contributed by atoms with Gasteiger partial charge in [0.05, 0.1) is 23.8 Å². The molecule has 0 aliphatic heterocycles. The van der Waals surface area contributed by atoms with Crippen LogP contribution in [0.15, 0.2) is 84.4 Å². The highest BCUT2D eigenvalue weighted by Crippen LogP contribution is 2.31. The van der Waals surface area contributed by atoms with E-state index in [9.17, 15) is 9.35 Å². The first-order valence-electron chi connectivity index (χ1n) is 11.9. The first-order chi connectivity index (χ1) is 19.4. The van der Waals surface area contributed by atoms with Gasteiger partial charge in [-0.15, -0.1) is 0 Å². The number of benzene rings is 2.